The quantitative estimate of drug-likeness (QED) is 0.611. The fraction of sp³-hybridized carbons (Fsp3) is 0.481. The molecule has 34 heavy (non-hydrogen) atoms. The molecular weight excluding hydrogens is 451 g/mol. The lowest BCUT2D eigenvalue weighted by atomic mass is 9.87. The van der Waals surface area contributed by atoms with Gasteiger partial charge in [-0.3, -0.25) is 9.59 Å². The van der Waals surface area contributed by atoms with Gasteiger partial charge in [-0.05, 0) is 66.6 Å². The Labute approximate surface area is 204 Å². The number of carbonyl (C=O) groups is 2. The molecule has 0 aromatic heterocycles. The molecule has 0 N–H and O–H groups in total. The maximum Gasteiger partial charge on any atom is 0.263 e. The zero-order valence-electron chi connectivity index (χ0n) is 19.5. The highest BCUT2D eigenvalue weighted by atomic mass is 32.2. The van der Waals surface area contributed by atoms with E-state index in [1.54, 1.807) is 12.1 Å². The van der Waals surface area contributed by atoms with Crippen molar-refractivity contribution in [1.82, 2.24) is 9.80 Å². The van der Waals surface area contributed by atoms with E-state index in [9.17, 15) is 14.0 Å². The number of nitrogens with zero attached hydrogens (tertiary/aromatic N) is 2. The monoisotopic (exact) mass is 482 g/mol. The number of hydrogen-bond acceptors (Lipinski definition) is 4. The Kier molecular flexibility index (Phi) is 6.82. The molecule has 2 fully saturated rings. The van der Waals surface area contributed by atoms with Crippen LogP contribution in [0.1, 0.15) is 48.9 Å². The predicted octanol–water partition coefficient (Wildman–Crippen LogP) is 4.44. The van der Waals surface area contributed by atoms with Crippen molar-refractivity contribution in [3.05, 3.63) is 65.0 Å². The van der Waals surface area contributed by atoms with E-state index in [4.69, 9.17) is 4.74 Å². The van der Waals surface area contributed by atoms with Gasteiger partial charge in [0.1, 0.15) is 11.6 Å². The van der Waals surface area contributed by atoms with Crippen molar-refractivity contribution >= 4 is 23.6 Å². The van der Waals surface area contributed by atoms with Crippen LogP contribution in [0.5, 0.6) is 5.75 Å². The van der Waals surface area contributed by atoms with Crippen LogP contribution in [-0.4, -0.2) is 58.9 Å². The minimum absolute atomic E-state index is 0.0427. The van der Waals surface area contributed by atoms with E-state index in [0.29, 0.717) is 18.7 Å². The second-order valence-electron chi connectivity index (χ2n) is 9.32. The summed E-state index contributed by atoms with van der Waals surface area (Å²) in [5.74, 6) is 2.59. The topological polar surface area (TPSA) is 49.9 Å². The van der Waals surface area contributed by atoms with E-state index in [2.05, 4.69) is 6.07 Å². The molecule has 1 aliphatic carbocycles. The number of halogens is 1. The average Bonchev–Trinajstić information content (AvgIpc) is 3.72. The second-order valence-corrected chi connectivity index (χ2v) is 10.5. The van der Waals surface area contributed by atoms with Gasteiger partial charge in [-0.25, -0.2) is 4.39 Å². The Morgan fingerprint density at radius 2 is 1.82 bits per heavy atom. The fourth-order valence-corrected chi connectivity index (χ4v) is 5.84. The molecule has 2 aromatic carbocycles. The number of thioether (sulfide) groups is 1. The maximum atomic E-state index is 13.7. The van der Waals surface area contributed by atoms with E-state index in [1.807, 2.05) is 40.6 Å². The minimum Gasteiger partial charge on any atom is -0.481 e. The third-order valence-electron chi connectivity index (χ3n) is 6.99. The van der Waals surface area contributed by atoms with Crippen molar-refractivity contribution in [2.75, 3.05) is 31.1 Å². The van der Waals surface area contributed by atoms with Crippen molar-refractivity contribution < 1.29 is 18.7 Å². The van der Waals surface area contributed by atoms with Gasteiger partial charge in [0.15, 0.2) is 6.10 Å². The molecule has 0 bridgehead atoms. The predicted molar refractivity (Wildman–Crippen MR) is 131 cm³/mol. The summed E-state index contributed by atoms with van der Waals surface area (Å²) in [4.78, 5) is 30.1. The molecule has 180 valence electrons. The molecular formula is C27H31FN2O3S. The summed E-state index contributed by atoms with van der Waals surface area (Å²) >= 11 is 1.87. The normalized spacial score (nSPS) is 21.1. The molecule has 2 aliphatic heterocycles. The van der Waals surface area contributed by atoms with E-state index in [-0.39, 0.29) is 29.6 Å². The summed E-state index contributed by atoms with van der Waals surface area (Å²) < 4.78 is 19.9. The third kappa shape index (κ3) is 4.81. The zero-order valence-corrected chi connectivity index (χ0v) is 20.4. The second kappa shape index (κ2) is 9.98. The molecule has 5 nitrogen and oxygen atoms in total. The number of fused-ring (bicyclic) bond motifs is 1. The van der Waals surface area contributed by atoms with Crippen LogP contribution in [0.15, 0.2) is 42.5 Å². The van der Waals surface area contributed by atoms with Gasteiger partial charge < -0.3 is 14.5 Å². The van der Waals surface area contributed by atoms with Gasteiger partial charge in [-0.2, -0.15) is 11.8 Å². The highest BCUT2D eigenvalue weighted by molar-refractivity contribution is 7.99. The summed E-state index contributed by atoms with van der Waals surface area (Å²) in [7, 11) is 0. The first kappa shape index (κ1) is 23.2. The third-order valence-corrected chi connectivity index (χ3v) is 7.93. The average molecular weight is 483 g/mol. The first-order valence-electron chi connectivity index (χ1n) is 12.3. The van der Waals surface area contributed by atoms with Crippen LogP contribution in [0.3, 0.4) is 0 Å². The van der Waals surface area contributed by atoms with Gasteiger partial charge >= 0.3 is 0 Å². The first-order chi connectivity index (χ1) is 16.5. The molecule has 2 amide bonds. The number of hydrogen-bond donors (Lipinski definition) is 0. The summed E-state index contributed by atoms with van der Waals surface area (Å²) in [6.07, 6.45) is 2.71. The van der Waals surface area contributed by atoms with Crippen LogP contribution in [0, 0.1) is 11.7 Å². The van der Waals surface area contributed by atoms with Crippen molar-refractivity contribution in [1.29, 1.82) is 0 Å². The smallest absolute Gasteiger partial charge is 0.263 e. The molecule has 0 radical (unpaired) electrons. The molecule has 2 atom stereocenters. The van der Waals surface area contributed by atoms with Gasteiger partial charge in [0, 0.05) is 37.1 Å². The number of amides is 2. The first-order valence-corrected chi connectivity index (χ1v) is 13.4. The molecule has 2 aromatic rings. The lowest BCUT2D eigenvalue weighted by Crippen LogP contribution is -2.45. The number of carbonyl (C=O) groups excluding carboxylic acids is 2. The van der Waals surface area contributed by atoms with Gasteiger partial charge in [0.2, 0.25) is 5.91 Å². The zero-order chi connectivity index (χ0) is 23.7. The molecule has 5 rings (SSSR count). The molecule has 1 saturated heterocycles. The molecule has 2 unspecified atom stereocenters. The van der Waals surface area contributed by atoms with E-state index in [0.717, 1.165) is 60.5 Å². The van der Waals surface area contributed by atoms with Crippen LogP contribution in [0.2, 0.25) is 0 Å². The lowest BCUT2D eigenvalue weighted by molar-refractivity contribution is -0.138. The van der Waals surface area contributed by atoms with Crippen LogP contribution < -0.4 is 4.74 Å². The Morgan fingerprint density at radius 3 is 2.50 bits per heavy atom. The Balaban J connectivity index is 1.44. The van der Waals surface area contributed by atoms with Gasteiger partial charge in [0.25, 0.3) is 5.91 Å². The number of rotatable bonds is 6. The van der Waals surface area contributed by atoms with Crippen molar-refractivity contribution in [3.8, 4) is 5.75 Å². The highest BCUT2D eigenvalue weighted by Gasteiger charge is 2.39. The number of ether oxygens (including phenoxy) is 1. The van der Waals surface area contributed by atoms with Crippen LogP contribution in [-0.2, 0) is 16.0 Å². The Morgan fingerprint density at radius 1 is 1.09 bits per heavy atom. The maximum absolute atomic E-state index is 13.7. The van der Waals surface area contributed by atoms with Crippen LogP contribution in [0.25, 0.3) is 0 Å². The standard InChI is InChI=1S/C27H31FN2O3S/c1-2-24(27(32)29-13-15-34-16-14-29)33-22-10-7-18-11-12-30(26(31)20-3-4-20)25(23(18)17-22)19-5-8-21(28)9-6-19/h5-10,17,20,24-25H,2-4,11-16H2,1H3. The van der Waals surface area contributed by atoms with Crippen molar-refractivity contribution in [3.63, 3.8) is 0 Å². The molecule has 2 heterocycles. The van der Waals surface area contributed by atoms with Gasteiger partial charge in [0.05, 0.1) is 6.04 Å². The van der Waals surface area contributed by atoms with Gasteiger partial charge in [-0.15, -0.1) is 0 Å². The van der Waals surface area contributed by atoms with Crippen LogP contribution >= 0.6 is 11.8 Å². The van der Waals surface area contributed by atoms with Crippen LogP contribution in [0.4, 0.5) is 4.39 Å². The Hall–Kier alpha value is -2.54. The van der Waals surface area contributed by atoms with Gasteiger partial charge in [-0.1, -0.05) is 25.1 Å². The summed E-state index contributed by atoms with van der Waals surface area (Å²) in [5, 5.41) is 0. The number of benzene rings is 2. The Bertz CT molecular complexity index is 1050. The summed E-state index contributed by atoms with van der Waals surface area (Å²) in [6, 6.07) is 12.1. The lowest BCUT2D eigenvalue weighted by Gasteiger charge is -2.38. The largest absolute Gasteiger partial charge is 0.481 e. The molecule has 1 saturated carbocycles. The molecule has 7 heteroatoms. The fourth-order valence-electron chi connectivity index (χ4n) is 4.93. The van der Waals surface area contributed by atoms with Crippen molar-refractivity contribution in [2.45, 2.75) is 44.8 Å². The summed E-state index contributed by atoms with van der Waals surface area (Å²) in [6.45, 7) is 4.14. The molecule has 0 spiro atoms. The van der Waals surface area contributed by atoms with E-state index in [1.165, 1.54) is 12.1 Å². The van der Waals surface area contributed by atoms with E-state index < -0.39 is 6.10 Å². The van der Waals surface area contributed by atoms with Crippen molar-refractivity contribution in [2.24, 2.45) is 5.92 Å². The van der Waals surface area contributed by atoms with E-state index >= 15 is 0 Å². The minimum atomic E-state index is -0.529. The highest BCUT2D eigenvalue weighted by Crippen LogP contribution is 2.41. The SMILES string of the molecule is CCC(Oc1ccc2c(c1)C(c1ccc(F)cc1)N(C(=O)C1CC1)CC2)C(=O)N1CCSCC1. The summed E-state index contributed by atoms with van der Waals surface area (Å²) in [5.41, 5.74) is 3.05. The molecule has 3 aliphatic rings.